The summed E-state index contributed by atoms with van der Waals surface area (Å²) >= 11 is 0. The summed E-state index contributed by atoms with van der Waals surface area (Å²) in [5, 5.41) is 6.91. The third kappa shape index (κ3) is 5.46. The Hall–Kier alpha value is -3.86. The van der Waals surface area contributed by atoms with Crippen LogP contribution in [0, 0.1) is 12.8 Å². The number of carbonyl (C=O) groups excluding carboxylic acids is 1. The van der Waals surface area contributed by atoms with E-state index in [1.54, 1.807) is 6.92 Å². The van der Waals surface area contributed by atoms with Gasteiger partial charge in [-0.25, -0.2) is 4.79 Å². The molecule has 1 unspecified atom stereocenters. The lowest BCUT2D eigenvalue weighted by Crippen LogP contribution is -2.16. The fourth-order valence-corrected chi connectivity index (χ4v) is 4.49. The zero-order valence-electron chi connectivity index (χ0n) is 21.0. The van der Waals surface area contributed by atoms with Gasteiger partial charge in [-0.15, -0.1) is 0 Å². The largest absolute Gasteiger partial charge is 0.441 e. The van der Waals surface area contributed by atoms with E-state index in [1.165, 1.54) is 16.7 Å². The summed E-state index contributed by atoms with van der Waals surface area (Å²) in [6, 6.07) is 17.8. The van der Waals surface area contributed by atoms with Gasteiger partial charge in [-0.3, -0.25) is 5.32 Å². The maximum absolute atomic E-state index is 12.6. The summed E-state index contributed by atoms with van der Waals surface area (Å²) in [5.41, 5.74) is 8.02. The monoisotopic (exact) mass is 468 g/mol. The SMILES string of the molecule is CC1=C(C(C)C)C(c2ccc(-c3onc(C)c3NC(=O)OC(C)c3ccccc3)cc2)=CC=CC1. The molecule has 3 aromatic rings. The van der Waals surface area contributed by atoms with Crippen LogP contribution in [-0.4, -0.2) is 11.2 Å². The van der Waals surface area contributed by atoms with Crippen LogP contribution in [-0.2, 0) is 4.74 Å². The Balaban J connectivity index is 1.55. The highest BCUT2D eigenvalue weighted by molar-refractivity contribution is 5.91. The first-order valence-electron chi connectivity index (χ1n) is 12.0. The molecule has 0 radical (unpaired) electrons. The molecule has 0 bridgehead atoms. The maximum Gasteiger partial charge on any atom is 0.412 e. The molecule has 0 saturated heterocycles. The average molecular weight is 469 g/mol. The third-order valence-corrected chi connectivity index (χ3v) is 6.25. The molecule has 0 saturated carbocycles. The summed E-state index contributed by atoms with van der Waals surface area (Å²) in [4.78, 5) is 12.6. The van der Waals surface area contributed by atoms with Crippen molar-refractivity contribution < 1.29 is 14.1 Å². The molecule has 5 nitrogen and oxygen atoms in total. The zero-order chi connectivity index (χ0) is 24.9. The highest BCUT2D eigenvalue weighted by Crippen LogP contribution is 2.36. The van der Waals surface area contributed by atoms with Crippen molar-refractivity contribution in [3.8, 4) is 11.3 Å². The van der Waals surface area contributed by atoms with Gasteiger partial charge in [-0.1, -0.05) is 97.4 Å². The van der Waals surface area contributed by atoms with E-state index in [-0.39, 0.29) is 6.10 Å². The standard InChI is InChI=1S/C30H32N2O3/c1-19(2)27-20(3)11-9-10-14-26(27)24-15-17-25(18-16-24)29-28(21(4)32-35-29)31-30(33)34-22(5)23-12-7-6-8-13-23/h6-10,12-19,22H,11H2,1-5H3,(H,31,33). The normalized spacial score (nSPS) is 14.5. The molecule has 4 rings (SSSR count). The van der Waals surface area contributed by atoms with Gasteiger partial charge in [0.25, 0.3) is 0 Å². The molecule has 0 aliphatic heterocycles. The Labute approximate surface area is 207 Å². The van der Waals surface area contributed by atoms with E-state index in [4.69, 9.17) is 9.26 Å². The molecule has 2 aromatic carbocycles. The molecule has 5 heteroatoms. The molecule has 1 atom stereocenters. The second kappa shape index (κ2) is 10.6. The van der Waals surface area contributed by atoms with Gasteiger partial charge in [0.2, 0.25) is 0 Å². The van der Waals surface area contributed by atoms with E-state index in [0.717, 1.165) is 23.1 Å². The number of allylic oxidation sites excluding steroid dienone is 6. The predicted octanol–water partition coefficient (Wildman–Crippen LogP) is 8.28. The molecule has 180 valence electrons. The minimum absolute atomic E-state index is 0.382. The number of nitrogens with one attached hydrogen (secondary N) is 1. The van der Waals surface area contributed by atoms with Crippen molar-refractivity contribution in [1.82, 2.24) is 5.16 Å². The average Bonchev–Trinajstić information content (AvgIpc) is 3.08. The number of ether oxygens (including phenoxy) is 1. The van der Waals surface area contributed by atoms with Gasteiger partial charge in [-0.05, 0) is 55.4 Å². The van der Waals surface area contributed by atoms with Crippen molar-refractivity contribution in [2.75, 3.05) is 5.32 Å². The minimum Gasteiger partial charge on any atom is -0.441 e. The van der Waals surface area contributed by atoms with Gasteiger partial charge in [0, 0.05) is 5.56 Å². The van der Waals surface area contributed by atoms with Crippen molar-refractivity contribution in [3.05, 3.63) is 101 Å². The Bertz CT molecular complexity index is 1280. The van der Waals surface area contributed by atoms with E-state index in [2.05, 4.69) is 61.6 Å². The van der Waals surface area contributed by atoms with Crippen molar-refractivity contribution >= 4 is 17.4 Å². The van der Waals surface area contributed by atoms with E-state index >= 15 is 0 Å². The molecule has 0 fully saturated rings. The zero-order valence-corrected chi connectivity index (χ0v) is 21.0. The summed E-state index contributed by atoms with van der Waals surface area (Å²) < 4.78 is 11.2. The Morgan fingerprint density at radius 1 is 1.00 bits per heavy atom. The Morgan fingerprint density at radius 3 is 2.37 bits per heavy atom. The number of amides is 1. The highest BCUT2D eigenvalue weighted by atomic mass is 16.6. The van der Waals surface area contributed by atoms with Crippen molar-refractivity contribution in [2.45, 2.75) is 47.1 Å². The Kier molecular flexibility index (Phi) is 7.35. The Morgan fingerprint density at radius 2 is 1.69 bits per heavy atom. The molecular formula is C30H32N2O3. The van der Waals surface area contributed by atoms with Crippen LogP contribution >= 0.6 is 0 Å². The number of carbonyl (C=O) groups is 1. The molecular weight excluding hydrogens is 436 g/mol. The third-order valence-electron chi connectivity index (χ3n) is 6.25. The van der Waals surface area contributed by atoms with Gasteiger partial charge in [0.15, 0.2) is 5.76 Å². The first-order valence-corrected chi connectivity index (χ1v) is 12.0. The fraction of sp³-hybridized carbons (Fsp3) is 0.267. The number of benzene rings is 2. The van der Waals surface area contributed by atoms with Gasteiger partial charge in [0.1, 0.15) is 17.5 Å². The molecule has 1 aliphatic rings. The highest BCUT2D eigenvalue weighted by Gasteiger charge is 2.21. The van der Waals surface area contributed by atoms with Crippen LogP contribution in [0.4, 0.5) is 10.5 Å². The van der Waals surface area contributed by atoms with E-state index in [9.17, 15) is 4.79 Å². The number of nitrogens with zero attached hydrogens (tertiary/aromatic N) is 1. The summed E-state index contributed by atoms with van der Waals surface area (Å²) in [6.45, 7) is 10.3. The molecule has 1 N–H and O–H groups in total. The van der Waals surface area contributed by atoms with Crippen molar-refractivity contribution in [2.24, 2.45) is 5.92 Å². The molecule has 0 spiro atoms. The summed E-state index contributed by atoms with van der Waals surface area (Å²) in [7, 11) is 0. The number of aryl methyl sites for hydroxylation is 1. The molecule has 1 amide bonds. The summed E-state index contributed by atoms with van der Waals surface area (Å²) in [5.74, 6) is 0.932. The van der Waals surface area contributed by atoms with Gasteiger partial charge < -0.3 is 9.26 Å². The topological polar surface area (TPSA) is 64.4 Å². The number of hydrogen-bond donors (Lipinski definition) is 1. The molecule has 1 aliphatic carbocycles. The lowest BCUT2D eigenvalue weighted by Gasteiger charge is -2.19. The van der Waals surface area contributed by atoms with Crippen molar-refractivity contribution in [1.29, 1.82) is 0 Å². The second-order valence-electron chi connectivity index (χ2n) is 9.19. The number of rotatable bonds is 6. The number of anilines is 1. The molecule has 1 aromatic heterocycles. The van der Waals surface area contributed by atoms with E-state index in [1.807, 2.05) is 49.4 Å². The van der Waals surface area contributed by atoms with Crippen LogP contribution in [0.25, 0.3) is 16.9 Å². The fourth-order valence-electron chi connectivity index (χ4n) is 4.49. The first-order chi connectivity index (χ1) is 16.8. The molecule has 1 heterocycles. The quantitative estimate of drug-likeness (QED) is 0.395. The maximum atomic E-state index is 12.6. The predicted molar refractivity (Wildman–Crippen MR) is 141 cm³/mol. The van der Waals surface area contributed by atoms with E-state index in [0.29, 0.717) is 23.1 Å². The van der Waals surface area contributed by atoms with Crippen LogP contribution in [0.3, 0.4) is 0 Å². The lowest BCUT2D eigenvalue weighted by molar-refractivity contribution is 0.121. The van der Waals surface area contributed by atoms with Gasteiger partial charge in [-0.2, -0.15) is 0 Å². The molecule has 35 heavy (non-hydrogen) atoms. The van der Waals surface area contributed by atoms with Crippen LogP contribution in [0.1, 0.15) is 57.0 Å². The van der Waals surface area contributed by atoms with Crippen molar-refractivity contribution in [3.63, 3.8) is 0 Å². The minimum atomic E-state index is -0.553. The van der Waals surface area contributed by atoms with Crippen LogP contribution < -0.4 is 5.32 Å². The van der Waals surface area contributed by atoms with Crippen LogP contribution in [0.5, 0.6) is 0 Å². The smallest absolute Gasteiger partial charge is 0.412 e. The second-order valence-corrected chi connectivity index (χ2v) is 9.19. The first kappa shape index (κ1) is 24.3. The summed E-state index contributed by atoms with van der Waals surface area (Å²) in [6.07, 6.45) is 6.56. The van der Waals surface area contributed by atoms with Crippen LogP contribution in [0.15, 0.2) is 88.5 Å². The number of aromatic nitrogens is 1. The number of hydrogen-bond acceptors (Lipinski definition) is 4. The van der Waals surface area contributed by atoms with Gasteiger partial charge >= 0.3 is 6.09 Å². The van der Waals surface area contributed by atoms with Crippen LogP contribution in [0.2, 0.25) is 0 Å². The lowest BCUT2D eigenvalue weighted by atomic mass is 9.86. The van der Waals surface area contributed by atoms with Gasteiger partial charge in [0.05, 0.1) is 0 Å². The van der Waals surface area contributed by atoms with E-state index < -0.39 is 6.09 Å².